The summed E-state index contributed by atoms with van der Waals surface area (Å²) in [5.74, 6) is 0.942. The number of para-hydroxylation sites is 1. The first-order valence-electron chi connectivity index (χ1n) is 9.75. The van der Waals surface area contributed by atoms with E-state index in [1.54, 1.807) is 35.2 Å². The molecule has 2 aromatic carbocycles. The number of nitrogens with zero attached hydrogens (tertiary/aromatic N) is 2. The Morgan fingerprint density at radius 1 is 0.931 bits per heavy atom. The van der Waals surface area contributed by atoms with Crippen molar-refractivity contribution in [2.45, 2.75) is 0 Å². The summed E-state index contributed by atoms with van der Waals surface area (Å²) in [5, 5.41) is 0. The molecular weight excluding hydrogens is 371 g/mol. The molecule has 0 saturated carbocycles. The van der Waals surface area contributed by atoms with Crippen LogP contribution in [0.4, 0.5) is 4.39 Å². The molecule has 4 rings (SSSR count). The van der Waals surface area contributed by atoms with Gasteiger partial charge in [0.05, 0.1) is 5.56 Å². The Morgan fingerprint density at radius 3 is 2.41 bits per heavy atom. The van der Waals surface area contributed by atoms with E-state index in [4.69, 9.17) is 9.15 Å². The number of carbonyl (C=O) groups excluding carboxylic acids is 1. The van der Waals surface area contributed by atoms with E-state index in [1.807, 2.05) is 30.3 Å². The highest BCUT2D eigenvalue weighted by atomic mass is 19.1. The van der Waals surface area contributed by atoms with Gasteiger partial charge >= 0.3 is 0 Å². The van der Waals surface area contributed by atoms with Crippen LogP contribution in [0.2, 0.25) is 0 Å². The largest absolute Gasteiger partial charge is 0.492 e. The van der Waals surface area contributed by atoms with Gasteiger partial charge in [0.25, 0.3) is 5.91 Å². The van der Waals surface area contributed by atoms with E-state index in [0.29, 0.717) is 31.0 Å². The van der Waals surface area contributed by atoms with Crippen molar-refractivity contribution < 1.29 is 18.3 Å². The lowest BCUT2D eigenvalue weighted by Crippen LogP contribution is -2.49. The van der Waals surface area contributed by atoms with E-state index in [0.717, 1.165) is 25.4 Å². The monoisotopic (exact) mass is 394 g/mol. The van der Waals surface area contributed by atoms with Gasteiger partial charge < -0.3 is 14.1 Å². The molecule has 1 aromatic heterocycles. The molecule has 0 radical (unpaired) electrons. The van der Waals surface area contributed by atoms with E-state index in [9.17, 15) is 9.18 Å². The maximum atomic E-state index is 13.9. The van der Waals surface area contributed by atoms with Crippen LogP contribution in [0.3, 0.4) is 0 Å². The number of ether oxygens (including phenoxy) is 1. The van der Waals surface area contributed by atoms with Crippen LogP contribution < -0.4 is 4.74 Å². The summed E-state index contributed by atoms with van der Waals surface area (Å²) >= 11 is 0. The summed E-state index contributed by atoms with van der Waals surface area (Å²) in [6, 6.07) is 19.4. The first-order valence-corrected chi connectivity index (χ1v) is 9.75. The molecule has 2 heterocycles. The first-order chi connectivity index (χ1) is 14.2. The predicted molar refractivity (Wildman–Crippen MR) is 108 cm³/mol. The van der Waals surface area contributed by atoms with Gasteiger partial charge in [0.2, 0.25) is 0 Å². The van der Waals surface area contributed by atoms with E-state index < -0.39 is 0 Å². The average Bonchev–Trinajstić information content (AvgIpc) is 3.25. The smallest absolute Gasteiger partial charge is 0.289 e. The van der Waals surface area contributed by atoms with Crippen LogP contribution in [0.15, 0.2) is 71.1 Å². The van der Waals surface area contributed by atoms with Crippen molar-refractivity contribution in [3.05, 3.63) is 78.3 Å². The van der Waals surface area contributed by atoms with E-state index >= 15 is 0 Å². The molecule has 1 fully saturated rings. The molecule has 0 N–H and O–H groups in total. The molecule has 0 atom stereocenters. The third-order valence-electron chi connectivity index (χ3n) is 5.04. The van der Waals surface area contributed by atoms with Gasteiger partial charge in [0.1, 0.15) is 23.9 Å². The van der Waals surface area contributed by atoms with Gasteiger partial charge in [0.15, 0.2) is 5.76 Å². The Morgan fingerprint density at radius 2 is 1.66 bits per heavy atom. The third kappa shape index (κ3) is 4.66. The van der Waals surface area contributed by atoms with Crippen LogP contribution in [-0.2, 0) is 0 Å². The summed E-state index contributed by atoms with van der Waals surface area (Å²) < 4.78 is 25.3. The highest BCUT2D eigenvalue weighted by Crippen LogP contribution is 2.25. The molecule has 150 valence electrons. The topological polar surface area (TPSA) is 45.9 Å². The molecule has 29 heavy (non-hydrogen) atoms. The van der Waals surface area contributed by atoms with Crippen molar-refractivity contribution in [3.63, 3.8) is 0 Å². The molecule has 5 nitrogen and oxygen atoms in total. The standard InChI is InChI=1S/C23H23FN2O3/c24-20-9-5-4-8-19(20)21-10-11-22(29-21)23(27)26-14-12-25(13-15-26)16-17-28-18-6-2-1-3-7-18/h1-11H,12-17H2. The highest BCUT2D eigenvalue weighted by molar-refractivity contribution is 5.92. The molecule has 0 bridgehead atoms. The van der Waals surface area contributed by atoms with Crippen molar-refractivity contribution in [3.8, 4) is 17.1 Å². The quantitative estimate of drug-likeness (QED) is 0.636. The normalized spacial score (nSPS) is 14.7. The van der Waals surface area contributed by atoms with Crippen LogP contribution in [-0.4, -0.2) is 55.0 Å². The summed E-state index contributed by atoms with van der Waals surface area (Å²) in [4.78, 5) is 16.8. The lowest BCUT2D eigenvalue weighted by molar-refractivity contribution is 0.0591. The highest BCUT2D eigenvalue weighted by Gasteiger charge is 2.24. The fourth-order valence-electron chi connectivity index (χ4n) is 3.40. The Hall–Kier alpha value is -3.12. The molecule has 0 aliphatic carbocycles. The van der Waals surface area contributed by atoms with Crippen molar-refractivity contribution in [2.75, 3.05) is 39.3 Å². The van der Waals surface area contributed by atoms with Crippen LogP contribution in [0, 0.1) is 5.82 Å². The van der Waals surface area contributed by atoms with Gasteiger partial charge in [-0.1, -0.05) is 30.3 Å². The first kappa shape index (κ1) is 19.2. The minimum atomic E-state index is -0.368. The zero-order valence-electron chi connectivity index (χ0n) is 16.1. The Kier molecular flexibility index (Phi) is 5.91. The van der Waals surface area contributed by atoms with Gasteiger partial charge in [-0.15, -0.1) is 0 Å². The van der Waals surface area contributed by atoms with Gasteiger partial charge in [-0.25, -0.2) is 4.39 Å². The maximum Gasteiger partial charge on any atom is 0.289 e. The summed E-state index contributed by atoms with van der Waals surface area (Å²) in [7, 11) is 0. The van der Waals surface area contributed by atoms with E-state index in [2.05, 4.69) is 4.90 Å². The second-order valence-corrected chi connectivity index (χ2v) is 6.94. The minimum absolute atomic E-state index is 0.159. The number of hydrogen-bond acceptors (Lipinski definition) is 4. The van der Waals surface area contributed by atoms with Gasteiger partial charge in [0, 0.05) is 32.7 Å². The van der Waals surface area contributed by atoms with Crippen molar-refractivity contribution in [2.24, 2.45) is 0 Å². The molecule has 1 amide bonds. The number of benzene rings is 2. The number of furan rings is 1. The van der Waals surface area contributed by atoms with Crippen molar-refractivity contribution in [1.29, 1.82) is 0 Å². The number of carbonyl (C=O) groups is 1. The Balaban J connectivity index is 1.28. The number of halogens is 1. The van der Waals surface area contributed by atoms with Gasteiger partial charge in [-0.05, 0) is 36.4 Å². The third-order valence-corrected chi connectivity index (χ3v) is 5.04. The molecule has 0 spiro atoms. The van der Waals surface area contributed by atoms with Crippen LogP contribution in [0.1, 0.15) is 10.6 Å². The number of rotatable bonds is 6. The Labute approximate surface area is 169 Å². The molecular formula is C23H23FN2O3. The molecule has 6 heteroatoms. The van der Waals surface area contributed by atoms with E-state index in [1.165, 1.54) is 6.07 Å². The van der Waals surface area contributed by atoms with Gasteiger partial charge in [-0.2, -0.15) is 0 Å². The fraction of sp³-hybridized carbons (Fsp3) is 0.261. The minimum Gasteiger partial charge on any atom is -0.492 e. The molecule has 1 aliphatic rings. The zero-order chi connectivity index (χ0) is 20.1. The SMILES string of the molecule is O=C(c1ccc(-c2ccccc2F)o1)N1CCN(CCOc2ccccc2)CC1. The van der Waals surface area contributed by atoms with E-state index in [-0.39, 0.29) is 17.5 Å². The molecule has 0 unspecified atom stereocenters. The van der Waals surface area contributed by atoms with Gasteiger partial charge in [-0.3, -0.25) is 9.69 Å². The second-order valence-electron chi connectivity index (χ2n) is 6.94. The summed E-state index contributed by atoms with van der Waals surface area (Å²) in [6.07, 6.45) is 0. The lowest BCUT2D eigenvalue weighted by Gasteiger charge is -2.34. The number of piperazine rings is 1. The van der Waals surface area contributed by atoms with Crippen LogP contribution in [0.25, 0.3) is 11.3 Å². The zero-order valence-corrected chi connectivity index (χ0v) is 16.1. The average molecular weight is 394 g/mol. The molecule has 3 aromatic rings. The second kappa shape index (κ2) is 8.92. The molecule has 1 aliphatic heterocycles. The Bertz CT molecular complexity index is 950. The predicted octanol–water partition coefficient (Wildman–Crippen LogP) is 3.92. The number of amides is 1. The van der Waals surface area contributed by atoms with Crippen molar-refractivity contribution in [1.82, 2.24) is 9.80 Å². The van der Waals surface area contributed by atoms with Crippen molar-refractivity contribution >= 4 is 5.91 Å². The fourth-order valence-corrected chi connectivity index (χ4v) is 3.40. The van der Waals surface area contributed by atoms with Crippen LogP contribution >= 0.6 is 0 Å². The molecule has 1 saturated heterocycles. The summed E-state index contributed by atoms with van der Waals surface area (Å²) in [6.45, 7) is 4.24. The summed E-state index contributed by atoms with van der Waals surface area (Å²) in [5.41, 5.74) is 0.356. The lowest BCUT2D eigenvalue weighted by atomic mass is 10.1. The number of hydrogen-bond donors (Lipinski definition) is 0. The maximum absolute atomic E-state index is 13.9. The van der Waals surface area contributed by atoms with Crippen LogP contribution in [0.5, 0.6) is 5.75 Å².